The minimum Gasteiger partial charge on any atom is -0.491 e. The molecule has 2 aromatic carbocycles. The maximum absolute atomic E-state index is 12.5. The van der Waals surface area contributed by atoms with Gasteiger partial charge in [-0.15, -0.1) is 0 Å². The molecule has 2 N–H and O–H groups in total. The van der Waals surface area contributed by atoms with Gasteiger partial charge in [0.2, 0.25) is 0 Å². The highest BCUT2D eigenvalue weighted by Gasteiger charge is 2.38. The summed E-state index contributed by atoms with van der Waals surface area (Å²) in [5, 5.41) is 12.8. The number of aryl methyl sites for hydroxylation is 1. The first-order valence-electron chi connectivity index (χ1n) is 8.75. The monoisotopic (exact) mass is 432 g/mol. The van der Waals surface area contributed by atoms with Crippen molar-refractivity contribution in [1.82, 2.24) is 10.2 Å². The number of hydrogen-bond acceptors (Lipinski definition) is 4. The third kappa shape index (κ3) is 5.30. The molecular weight excluding hydrogens is 412 g/mol. The minimum atomic E-state index is -0.962. The van der Waals surface area contributed by atoms with Crippen molar-refractivity contribution in [1.29, 1.82) is 0 Å². The van der Waals surface area contributed by atoms with Crippen LogP contribution in [-0.2, 0) is 11.2 Å². The smallest absolute Gasteiger partial charge is 0.324 e. The van der Waals surface area contributed by atoms with Crippen LogP contribution in [0.4, 0.5) is 4.79 Å². The predicted octanol–water partition coefficient (Wildman–Crippen LogP) is 2.74. The van der Waals surface area contributed by atoms with Crippen molar-refractivity contribution in [3.05, 3.63) is 64.6 Å². The number of benzene rings is 2. The Labute approximate surface area is 166 Å². The molecule has 2 unspecified atom stereocenters. The minimum absolute atomic E-state index is 0.00657. The van der Waals surface area contributed by atoms with Crippen LogP contribution >= 0.6 is 15.9 Å². The number of carbonyl (C=O) groups is 2. The largest absolute Gasteiger partial charge is 0.491 e. The molecule has 27 heavy (non-hydrogen) atoms. The molecule has 1 fully saturated rings. The van der Waals surface area contributed by atoms with E-state index >= 15 is 0 Å². The second-order valence-corrected chi connectivity index (χ2v) is 7.31. The topological polar surface area (TPSA) is 78.9 Å². The molecule has 0 saturated carbocycles. The summed E-state index contributed by atoms with van der Waals surface area (Å²) in [5.74, 6) is 0.300. The molecule has 3 amide bonds. The first kappa shape index (κ1) is 19.4. The Morgan fingerprint density at radius 2 is 1.81 bits per heavy atom. The highest BCUT2D eigenvalue weighted by Crippen LogP contribution is 2.17. The Morgan fingerprint density at radius 3 is 2.52 bits per heavy atom. The van der Waals surface area contributed by atoms with E-state index < -0.39 is 18.2 Å². The fourth-order valence-electron chi connectivity index (χ4n) is 2.89. The number of ether oxygens (including phenoxy) is 1. The van der Waals surface area contributed by atoms with Gasteiger partial charge in [-0.25, -0.2) is 4.79 Å². The summed E-state index contributed by atoms with van der Waals surface area (Å²) in [7, 11) is 0. The maximum Gasteiger partial charge on any atom is 0.324 e. The molecule has 0 spiro atoms. The van der Waals surface area contributed by atoms with Gasteiger partial charge in [-0.2, -0.15) is 0 Å². The third-order valence-corrected chi connectivity index (χ3v) is 4.85. The van der Waals surface area contributed by atoms with Gasteiger partial charge in [-0.1, -0.05) is 46.3 Å². The normalized spacial score (nSPS) is 17.7. The van der Waals surface area contributed by atoms with Crippen molar-refractivity contribution in [2.45, 2.75) is 25.0 Å². The van der Waals surface area contributed by atoms with Crippen LogP contribution < -0.4 is 10.1 Å². The van der Waals surface area contributed by atoms with Crippen LogP contribution in [0.25, 0.3) is 0 Å². The van der Waals surface area contributed by atoms with Crippen LogP contribution in [0.2, 0.25) is 0 Å². The number of β-amino-alcohol motifs (C(OH)–C–C–N with tert-alkyl or cyclic N) is 1. The summed E-state index contributed by atoms with van der Waals surface area (Å²) < 4.78 is 6.42. The van der Waals surface area contributed by atoms with Crippen molar-refractivity contribution < 1.29 is 19.4 Å². The number of hydrogen-bond donors (Lipinski definition) is 2. The standard InChI is InChI=1S/C20H21BrN2O4/c21-15-7-9-17(10-8-15)27-13-16(24)12-23-19(25)18(22-20(23)26)11-6-14-4-2-1-3-5-14/h1-5,7-10,16,18,24H,6,11-13H2,(H,22,26). The van der Waals surface area contributed by atoms with E-state index in [9.17, 15) is 14.7 Å². The molecule has 142 valence electrons. The van der Waals surface area contributed by atoms with Gasteiger partial charge in [0.25, 0.3) is 5.91 Å². The predicted molar refractivity (Wildman–Crippen MR) is 104 cm³/mol. The van der Waals surface area contributed by atoms with E-state index in [0.29, 0.717) is 18.6 Å². The number of aliphatic hydroxyl groups is 1. The molecule has 1 saturated heterocycles. The summed E-state index contributed by atoms with van der Waals surface area (Å²) in [6.07, 6.45) is 0.258. The number of urea groups is 1. The second-order valence-electron chi connectivity index (χ2n) is 6.39. The average Bonchev–Trinajstić information content (AvgIpc) is 2.94. The van der Waals surface area contributed by atoms with Gasteiger partial charge >= 0.3 is 6.03 Å². The zero-order valence-corrected chi connectivity index (χ0v) is 16.3. The Hall–Kier alpha value is -2.38. The quantitative estimate of drug-likeness (QED) is 0.628. The number of halogens is 1. The van der Waals surface area contributed by atoms with E-state index in [0.717, 1.165) is 14.9 Å². The first-order valence-corrected chi connectivity index (χ1v) is 9.54. The average molecular weight is 433 g/mol. The fraction of sp³-hybridized carbons (Fsp3) is 0.300. The molecule has 0 radical (unpaired) electrons. The summed E-state index contributed by atoms with van der Waals surface area (Å²) in [6.45, 7) is -0.101. The van der Waals surface area contributed by atoms with Crippen molar-refractivity contribution in [2.75, 3.05) is 13.2 Å². The highest BCUT2D eigenvalue weighted by molar-refractivity contribution is 9.10. The summed E-state index contributed by atoms with van der Waals surface area (Å²) in [4.78, 5) is 25.6. The zero-order valence-electron chi connectivity index (χ0n) is 14.7. The number of aliphatic hydroxyl groups excluding tert-OH is 1. The van der Waals surface area contributed by atoms with Crippen molar-refractivity contribution >= 4 is 27.9 Å². The molecule has 0 aromatic heterocycles. The molecule has 2 aromatic rings. The summed E-state index contributed by atoms with van der Waals surface area (Å²) in [5.41, 5.74) is 1.11. The van der Waals surface area contributed by atoms with E-state index in [1.807, 2.05) is 42.5 Å². The van der Waals surface area contributed by atoms with E-state index in [-0.39, 0.29) is 19.1 Å². The van der Waals surface area contributed by atoms with Gasteiger partial charge in [0, 0.05) is 4.47 Å². The molecule has 1 aliphatic rings. The Bertz CT molecular complexity index is 782. The lowest BCUT2D eigenvalue weighted by atomic mass is 10.1. The van der Waals surface area contributed by atoms with Gasteiger partial charge < -0.3 is 15.2 Å². The molecule has 2 atom stereocenters. The number of nitrogens with one attached hydrogen (secondary N) is 1. The molecule has 3 rings (SSSR count). The maximum atomic E-state index is 12.5. The van der Waals surface area contributed by atoms with Crippen LogP contribution in [0.1, 0.15) is 12.0 Å². The number of rotatable bonds is 8. The number of imide groups is 1. The van der Waals surface area contributed by atoms with Gasteiger partial charge in [-0.05, 0) is 42.7 Å². The molecule has 7 heteroatoms. The van der Waals surface area contributed by atoms with Crippen molar-refractivity contribution in [3.8, 4) is 5.75 Å². The number of amides is 3. The van der Waals surface area contributed by atoms with Crippen LogP contribution in [0.5, 0.6) is 5.75 Å². The Morgan fingerprint density at radius 1 is 1.11 bits per heavy atom. The second kappa shape index (κ2) is 9.01. The molecule has 0 bridgehead atoms. The summed E-state index contributed by atoms with van der Waals surface area (Å²) >= 11 is 3.34. The first-order chi connectivity index (χ1) is 13.0. The van der Waals surface area contributed by atoms with Gasteiger partial charge in [0.1, 0.15) is 24.5 Å². The van der Waals surface area contributed by atoms with Crippen molar-refractivity contribution in [3.63, 3.8) is 0 Å². The highest BCUT2D eigenvalue weighted by atomic mass is 79.9. The third-order valence-electron chi connectivity index (χ3n) is 4.32. The number of nitrogens with zero attached hydrogens (tertiary/aromatic N) is 1. The summed E-state index contributed by atoms with van der Waals surface area (Å²) in [6, 6.07) is 16.0. The van der Waals surface area contributed by atoms with Crippen LogP contribution in [0.3, 0.4) is 0 Å². The Kier molecular flexibility index (Phi) is 6.47. The molecular formula is C20H21BrN2O4. The molecule has 1 heterocycles. The van der Waals surface area contributed by atoms with Crippen LogP contribution in [0.15, 0.2) is 59.1 Å². The van der Waals surface area contributed by atoms with E-state index in [1.54, 1.807) is 12.1 Å². The van der Waals surface area contributed by atoms with Gasteiger partial charge in [-0.3, -0.25) is 9.69 Å². The fourth-order valence-corrected chi connectivity index (χ4v) is 3.15. The van der Waals surface area contributed by atoms with E-state index in [1.165, 1.54) is 0 Å². The molecule has 1 aliphatic heterocycles. The lowest BCUT2D eigenvalue weighted by Gasteiger charge is -2.18. The number of carbonyl (C=O) groups excluding carboxylic acids is 2. The van der Waals surface area contributed by atoms with Gasteiger partial charge in [0.15, 0.2) is 0 Å². The lowest BCUT2D eigenvalue weighted by Crippen LogP contribution is -2.40. The molecule has 0 aliphatic carbocycles. The van der Waals surface area contributed by atoms with E-state index in [4.69, 9.17) is 4.74 Å². The SMILES string of the molecule is O=C1NC(CCc2ccccc2)C(=O)N1CC(O)COc1ccc(Br)cc1. The van der Waals surface area contributed by atoms with E-state index in [2.05, 4.69) is 21.2 Å². The van der Waals surface area contributed by atoms with Crippen LogP contribution in [0, 0.1) is 0 Å². The molecule has 6 nitrogen and oxygen atoms in total. The zero-order chi connectivity index (χ0) is 19.2. The van der Waals surface area contributed by atoms with Gasteiger partial charge in [0.05, 0.1) is 6.54 Å². The van der Waals surface area contributed by atoms with Crippen LogP contribution in [-0.4, -0.2) is 47.2 Å². The van der Waals surface area contributed by atoms with Crippen molar-refractivity contribution in [2.24, 2.45) is 0 Å². The lowest BCUT2D eigenvalue weighted by molar-refractivity contribution is -0.128. The Balaban J connectivity index is 1.48.